The van der Waals surface area contributed by atoms with E-state index < -0.39 is 0 Å². The smallest absolute Gasteiger partial charge is 0.255 e. The molecule has 2 aromatic rings. The first kappa shape index (κ1) is 14.4. The molecule has 1 aliphatic rings. The third kappa shape index (κ3) is 3.06. The maximum Gasteiger partial charge on any atom is 0.255 e. The summed E-state index contributed by atoms with van der Waals surface area (Å²) in [6.07, 6.45) is 0. The zero-order valence-electron chi connectivity index (χ0n) is 11.1. The molecular weight excluding hydrogens is 309 g/mol. The minimum Gasteiger partial charge on any atom is -0.322 e. The molecule has 0 spiro atoms. The number of carbonyl (C=O) groups excluding carboxylic acids is 1. The molecule has 5 heteroatoms. The Balaban J connectivity index is 1.87. The Hall–Kier alpha value is -1.52. The van der Waals surface area contributed by atoms with Gasteiger partial charge in [0.2, 0.25) is 0 Å². The zero-order valence-corrected chi connectivity index (χ0v) is 12.7. The van der Waals surface area contributed by atoms with Crippen LogP contribution in [0.4, 0.5) is 4.39 Å². The maximum atomic E-state index is 13.0. The fourth-order valence-corrected chi connectivity index (χ4v) is 3.82. The van der Waals surface area contributed by atoms with Crippen molar-refractivity contribution in [2.24, 2.45) is 0 Å². The molecule has 1 atom stereocenters. The van der Waals surface area contributed by atoms with Gasteiger partial charge in [-0.3, -0.25) is 4.79 Å². The van der Waals surface area contributed by atoms with E-state index in [4.69, 9.17) is 11.6 Å². The molecule has 1 amide bonds. The molecule has 3 rings (SSSR count). The quantitative estimate of drug-likeness (QED) is 0.818. The van der Waals surface area contributed by atoms with Crippen LogP contribution >= 0.6 is 23.4 Å². The van der Waals surface area contributed by atoms with Crippen LogP contribution in [0.25, 0.3) is 0 Å². The molecule has 0 bridgehead atoms. The molecule has 21 heavy (non-hydrogen) atoms. The van der Waals surface area contributed by atoms with E-state index in [1.54, 1.807) is 48.2 Å². The highest BCUT2D eigenvalue weighted by molar-refractivity contribution is 7.99. The van der Waals surface area contributed by atoms with E-state index in [9.17, 15) is 9.18 Å². The second kappa shape index (κ2) is 6.08. The maximum absolute atomic E-state index is 13.0. The van der Waals surface area contributed by atoms with E-state index >= 15 is 0 Å². The Morgan fingerprint density at radius 1 is 1.24 bits per heavy atom. The molecule has 108 valence electrons. The Morgan fingerprint density at radius 3 is 2.71 bits per heavy atom. The lowest BCUT2D eigenvalue weighted by atomic mass is 10.1. The number of hydrogen-bond donors (Lipinski definition) is 0. The number of benzene rings is 2. The Morgan fingerprint density at radius 2 is 2.00 bits per heavy atom. The lowest BCUT2D eigenvalue weighted by Gasteiger charge is -2.24. The summed E-state index contributed by atoms with van der Waals surface area (Å²) >= 11 is 7.64. The molecule has 2 aromatic carbocycles. The summed E-state index contributed by atoms with van der Waals surface area (Å²) in [6.45, 7) is 0.679. The molecule has 1 heterocycles. The van der Waals surface area contributed by atoms with Gasteiger partial charge in [-0.25, -0.2) is 4.39 Å². The number of hydrogen-bond acceptors (Lipinski definition) is 2. The van der Waals surface area contributed by atoms with Gasteiger partial charge in [0.25, 0.3) is 5.91 Å². The van der Waals surface area contributed by atoms with Crippen molar-refractivity contribution in [2.75, 3.05) is 12.3 Å². The van der Waals surface area contributed by atoms with E-state index in [1.807, 2.05) is 4.90 Å². The third-order valence-corrected chi connectivity index (χ3v) is 4.87. The van der Waals surface area contributed by atoms with Gasteiger partial charge in [0.05, 0.1) is 0 Å². The summed E-state index contributed by atoms with van der Waals surface area (Å²) in [5.41, 5.74) is 1.52. The van der Waals surface area contributed by atoms with Crippen molar-refractivity contribution in [1.29, 1.82) is 0 Å². The molecule has 0 unspecified atom stereocenters. The molecule has 0 radical (unpaired) electrons. The molecular formula is C16H13ClFNOS. The second-order valence-corrected chi connectivity index (χ2v) is 6.41. The van der Waals surface area contributed by atoms with Crippen LogP contribution in [0.5, 0.6) is 0 Å². The minimum absolute atomic E-state index is 0.0446. The predicted octanol–water partition coefficient (Wildman–Crippen LogP) is 4.37. The van der Waals surface area contributed by atoms with Crippen LogP contribution in [-0.2, 0) is 0 Å². The fourth-order valence-electron chi connectivity index (χ4n) is 2.37. The molecule has 1 aliphatic heterocycles. The van der Waals surface area contributed by atoms with Gasteiger partial charge in [0.15, 0.2) is 0 Å². The fraction of sp³-hybridized carbons (Fsp3) is 0.188. The summed E-state index contributed by atoms with van der Waals surface area (Å²) in [4.78, 5) is 14.4. The van der Waals surface area contributed by atoms with E-state index in [1.165, 1.54) is 12.1 Å². The summed E-state index contributed by atoms with van der Waals surface area (Å²) in [5, 5.41) is 0.475. The third-order valence-electron chi connectivity index (χ3n) is 3.38. The number of carbonyl (C=O) groups is 1. The highest BCUT2D eigenvalue weighted by atomic mass is 35.5. The monoisotopic (exact) mass is 321 g/mol. The number of thioether (sulfide) groups is 1. The van der Waals surface area contributed by atoms with Crippen LogP contribution in [-0.4, -0.2) is 23.1 Å². The van der Waals surface area contributed by atoms with E-state index in [-0.39, 0.29) is 17.1 Å². The highest BCUT2D eigenvalue weighted by Crippen LogP contribution is 2.38. The van der Waals surface area contributed by atoms with Crippen LogP contribution in [0, 0.1) is 5.82 Å². The molecule has 0 N–H and O–H groups in total. The predicted molar refractivity (Wildman–Crippen MR) is 84.1 cm³/mol. The number of halogens is 2. The molecule has 1 saturated heterocycles. The standard InChI is InChI=1S/C16H13ClFNOS/c17-13-3-1-2-12(10-13)15(20)19-8-9-21-16(19)11-4-6-14(18)7-5-11/h1-7,10,16H,8-9H2/t16-/m0/s1. The van der Waals surface area contributed by atoms with Crippen molar-refractivity contribution in [1.82, 2.24) is 4.90 Å². The summed E-state index contributed by atoms with van der Waals surface area (Å²) in [6, 6.07) is 13.3. The van der Waals surface area contributed by atoms with Crippen LogP contribution in [0.1, 0.15) is 21.3 Å². The molecule has 2 nitrogen and oxygen atoms in total. The average molecular weight is 322 g/mol. The van der Waals surface area contributed by atoms with Gasteiger partial charge in [-0.05, 0) is 35.9 Å². The van der Waals surface area contributed by atoms with Gasteiger partial charge < -0.3 is 4.90 Å². The second-order valence-electron chi connectivity index (χ2n) is 4.78. The SMILES string of the molecule is O=C(c1cccc(Cl)c1)N1CCS[C@H]1c1ccc(F)cc1. The molecule has 0 aromatic heterocycles. The van der Waals surface area contributed by atoms with Crippen molar-refractivity contribution in [3.8, 4) is 0 Å². The van der Waals surface area contributed by atoms with Gasteiger partial charge in [-0.15, -0.1) is 11.8 Å². The Labute approximate surface area is 131 Å². The number of nitrogens with zero attached hydrogens (tertiary/aromatic N) is 1. The summed E-state index contributed by atoms with van der Waals surface area (Å²) < 4.78 is 13.0. The van der Waals surface area contributed by atoms with E-state index in [2.05, 4.69) is 0 Å². The van der Waals surface area contributed by atoms with Crippen LogP contribution in [0.2, 0.25) is 5.02 Å². The van der Waals surface area contributed by atoms with Gasteiger partial charge in [0, 0.05) is 22.9 Å². The summed E-state index contributed by atoms with van der Waals surface area (Å²) in [5.74, 6) is 0.556. The highest BCUT2D eigenvalue weighted by Gasteiger charge is 2.31. The van der Waals surface area contributed by atoms with Crippen LogP contribution < -0.4 is 0 Å². The largest absolute Gasteiger partial charge is 0.322 e. The van der Waals surface area contributed by atoms with Crippen LogP contribution in [0.3, 0.4) is 0 Å². The molecule has 0 saturated carbocycles. The lowest BCUT2D eigenvalue weighted by Crippen LogP contribution is -2.30. The van der Waals surface area contributed by atoms with Crippen molar-refractivity contribution in [3.05, 3.63) is 70.5 Å². The van der Waals surface area contributed by atoms with Gasteiger partial charge in [-0.1, -0.05) is 29.8 Å². The van der Waals surface area contributed by atoms with E-state index in [0.29, 0.717) is 17.1 Å². The first-order valence-electron chi connectivity index (χ1n) is 6.59. The normalized spacial score (nSPS) is 18.0. The average Bonchev–Trinajstić information content (AvgIpc) is 2.96. The van der Waals surface area contributed by atoms with Gasteiger partial charge in [0.1, 0.15) is 11.2 Å². The van der Waals surface area contributed by atoms with Crippen molar-refractivity contribution >= 4 is 29.3 Å². The Kier molecular flexibility index (Phi) is 4.17. The summed E-state index contributed by atoms with van der Waals surface area (Å²) in [7, 11) is 0. The molecule has 0 aliphatic carbocycles. The van der Waals surface area contributed by atoms with Crippen molar-refractivity contribution in [3.63, 3.8) is 0 Å². The van der Waals surface area contributed by atoms with E-state index in [0.717, 1.165) is 11.3 Å². The minimum atomic E-state index is -0.269. The Bertz CT molecular complexity index is 662. The lowest BCUT2D eigenvalue weighted by molar-refractivity contribution is 0.0760. The zero-order chi connectivity index (χ0) is 14.8. The topological polar surface area (TPSA) is 20.3 Å². The molecule has 1 fully saturated rings. The van der Waals surface area contributed by atoms with Crippen LogP contribution in [0.15, 0.2) is 48.5 Å². The van der Waals surface area contributed by atoms with Crippen molar-refractivity contribution in [2.45, 2.75) is 5.37 Å². The first-order valence-corrected chi connectivity index (χ1v) is 8.01. The number of rotatable bonds is 2. The van der Waals surface area contributed by atoms with Gasteiger partial charge in [-0.2, -0.15) is 0 Å². The number of amides is 1. The first-order chi connectivity index (χ1) is 10.1. The van der Waals surface area contributed by atoms with Gasteiger partial charge >= 0.3 is 0 Å². The van der Waals surface area contributed by atoms with Crippen molar-refractivity contribution < 1.29 is 9.18 Å².